The van der Waals surface area contributed by atoms with Crippen LogP contribution in [0.3, 0.4) is 0 Å². The van der Waals surface area contributed by atoms with Crippen LogP contribution in [0.25, 0.3) is 0 Å². The quantitative estimate of drug-likeness (QED) is 0.552. The van der Waals surface area contributed by atoms with Crippen LogP contribution >= 0.6 is 11.8 Å². The molecule has 0 atom stereocenters. The van der Waals surface area contributed by atoms with Crippen LogP contribution in [0.1, 0.15) is 5.56 Å². The Hall–Kier alpha value is -0.670. The molecule has 2 nitrogen and oxygen atoms in total. The molecule has 0 fully saturated rings. The molecule has 0 aliphatic carbocycles. The van der Waals surface area contributed by atoms with Gasteiger partial charge in [0.15, 0.2) is 0 Å². The van der Waals surface area contributed by atoms with Crippen LogP contribution in [0.4, 0.5) is 5.69 Å². The lowest BCUT2D eigenvalue weighted by atomic mass is 10.2. The molecule has 0 unspecified atom stereocenters. The first-order chi connectivity index (χ1) is 5.74. The summed E-state index contributed by atoms with van der Waals surface area (Å²) >= 11 is 1.71. The molecule has 4 N–H and O–H groups in total. The van der Waals surface area contributed by atoms with Gasteiger partial charge in [-0.1, -0.05) is 6.07 Å². The van der Waals surface area contributed by atoms with Gasteiger partial charge in [-0.25, -0.2) is 0 Å². The van der Waals surface area contributed by atoms with E-state index in [2.05, 4.69) is 6.07 Å². The van der Waals surface area contributed by atoms with Crippen molar-refractivity contribution >= 4 is 17.4 Å². The summed E-state index contributed by atoms with van der Waals surface area (Å²) in [6.07, 6.45) is 0. The van der Waals surface area contributed by atoms with Crippen molar-refractivity contribution in [3.63, 3.8) is 0 Å². The Morgan fingerprint density at radius 3 is 2.75 bits per heavy atom. The predicted octanol–water partition coefficient (Wildman–Crippen LogP) is 1.63. The fourth-order valence-electron chi connectivity index (χ4n) is 0.968. The van der Waals surface area contributed by atoms with Crippen molar-refractivity contribution in [1.29, 1.82) is 0 Å². The molecule has 0 heterocycles. The predicted molar refractivity (Wildman–Crippen MR) is 55.4 cm³/mol. The van der Waals surface area contributed by atoms with Gasteiger partial charge >= 0.3 is 0 Å². The van der Waals surface area contributed by atoms with Crippen molar-refractivity contribution in [3.8, 4) is 0 Å². The van der Waals surface area contributed by atoms with E-state index in [4.69, 9.17) is 11.5 Å². The Morgan fingerprint density at radius 1 is 1.42 bits per heavy atom. The van der Waals surface area contributed by atoms with E-state index in [1.807, 2.05) is 19.1 Å². The topological polar surface area (TPSA) is 52.0 Å². The van der Waals surface area contributed by atoms with Crippen LogP contribution in [0.5, 0.6) is 0 Å². The van der Waals surface area contributed by atoms with E-state index in [9.17, 15) is 0 Å². The molecule has 0 aliphatic heterocycles. The van der Waals surface area contributed by atoms with E-state index in [-0.39, 0.29) is 0 Å². The monoisotopic (exact) mass is 182 g/mol. The van der Waals surface area contributed by atoms with Gasteiger partial charge in [-0.3, -0.25) is 0 Å². The SMILES string of the molecule is Cc1ccc(SCCN)c(N)c1. The smallest absolute Gasteiger partial charge is 0.0454 e. The van der Waals surface area contributed by atoms with E-state index in [0.29, 0.717) is 6.54 Å². The van der Waals surface area contributed by atoms with Gasteiger partial charge in [0.1, 0.15) is 0 Å². The Morgan fingerprint density at radius 2 is 2.17 bits per heavy atom. The lowest BCUT2D eigenvalue weighted by Gasteiger charge is -2.04. The third-order valence-electron chi connectivity index (χ3n) is 1.54. The maximum atomic E-state index is 5.80. The first-order valence-electron chi connectivity index (χ1n) is 3.93. The maximum absolute atomic E-state index is 5.80. The van der Waals surface area contributed by atoms with Crippen molar-refractivity contribution in [2.45, 2.75) is 11.8 Å². The van der Waals surface area contributed by atoms with Crippen LogP contribution in [0.15, 0.2) is 23.1 Å². The van der Waals surface area contributed by atoms with Crippen LogP contribution in [-0.2, 0) is 0 Å². The molecule has 0 aliphatic rings. The molecule has 0 aromatic heterocycles. The molecule has 0 bridgehead atoms. The van der Waals surface area contributed by atoms with Crippen molar-refractivity contribution in [2.24, 2.45) is 5.73 Å². The summed E-state index contributed by atoms with van der Waals surface area (Å²) in [5.74, 6) is 0.924. The number of rotatable bonds is 3. The van der Waals surface area contributed by atoms with Gasteiger partial charge in [-0.15, -0.1) is 11.8 Å². The fourth-order valence-corrected chi connectivity index (χ4v) is 1.70. The van der Waals surface area contributed by atoms with Gasteiger partial charge in [-0.05, 0) is 24.6 Å². The molecule has 0 spiro atoms. The molecule has 66 valence electrons. The molecule has 0 saturated carbocycles. The number of anilines is 1. The Bertz CT molecular complexity index is 261. The molecule has 12 heavy (non-hydrogen) atoms. The van der Waals surface area contributed by atoms with Gasteiger partial charge in [-0.2, -0.15) is 0 Å². The summed E-state index contributed by atoms with van der Waals surface area (Å²) < 4.78 is 0. The van der Waals surface area contributed by atoms with Crippen molar-refractivity contribution < 1.29 is 0 Å². The Kier molecular flexibility index (Phi) is 3.44. The third-order valence-corrected chi connectivity index (χ3v) is 2.66. The number of nitrogen functional groups attached to an aromatic ring is 1. The molecule has 1 aromatic rings. The lowest BCUT2D eigenvalue weighted by Crippen LogP contribution is -2.01. The summed E-state index contributed by atoms with van der Waals surface area (Å²) in [6.45, 7) is 2.73. The number of aryl methyl sites for hydroxylation is 1. The summed E-state index contributed by atoms with van der Waals surface area (Å²) in [4.78, 5) is 1.13. The minimum atomic E-state index is 0.692. The molecule has 0 amide bonds. The van der Waals surface area contributed by atoms with E-state index in [1.165, 1.54) is 5.56 Å². The van der Waals surface area contributed by atoms with Gasteiger partial charge in [0, 0.05) is 22.9 Å². The lowest BCUT2D eigenvalue weighted by molar-refractivity contribution is 1.15. The van der Waals surface area contributed by atoms with Gasteiger partial charge < -0.3 is 11.5 Å². The summed E-state index contributed by atoms with van der Waals surface area (Å²) in [5.41, 5.74) is 13.2. The van der Waals surface area contributed by atoms with Crippen LogP contribution in [-0.4, -0.2) is 12.3 Å². The van der Waals surface area contributed by atoms with E-state index in [0.717, 1.165) is 16.3 Å². The molecule has 3 heteroatoms. The average Bonchev–Trinajstić information content (AvgIpc) is 2.03. The molecule has 0 radical (unpaired) electrons. The maximum Gasteiger partial charge on any atom is 0.0454 e. The highest BCUT2D eigenvalue weighted by atomic mass is 32.2. The standard InChI is InChI=1S/C9H14N2S/c1-7-2-3-9(8(11)6-7)12-5-4-10/h2-3,6H,4-5,10-11H2,1H3. The minimum absolute atomic E-state index is 0.692. The number of hydrogen-bond acceptors (Lipinski definition) is 3. The average molecular weight is 182 g/mol. The Balaban J connectivity index is 2.72. The van der Waals surface area contributed by atoms with Crippen molar-refractivity contribution in [3.05, 3.63) is 23.8 Å². The summed E-state index contributed by atoms with van der Waals surface area (Å²) in [5, 5.41) is 0. The molecule has 1 aromatic carbocycles. The third kappa shape index (κ3) is 2.43. The number of hydrogen-bond donors (Lipinski definition) is 2. The first kappa shape index (κ1) is 9.42. The zero-order valence-electron chi connectivity index (χ0n) is 7.21. The Labute approximate surface area is 77.3 Å². The number of thioether (sulfide) groups is 1. The van der Waals surface area contributed by atoms with Crippen LogP contribution in [0.2, 0.25) is 0 Å². The normalized spacial score (nSPS) is 10.2. The van der Waals surface area contributed by atoms with Gasteiger partial charge in [0.25, 0.3) is 0 Å². The van der Waals surface area contributed by atoms with Gasteiger partial charge in [0.05, 0.1) is 0 Å². The van der Waals surface area contributed by atoms with Crippen LogP contribution < -0.4 is 11.5 Å². The van der Waals surface area contributed by atoms with E-state index in [1.54, 1.807) is 11.8 Å². The minimum Gasteiger partial charge on any atom is -0.398 e. The molecular weight excluding hydrogens is 168 g/mol. The highest BCUT2D eigenvalue weighted by Gasteiger charge is 1.98. The fraction of sp³-hybridized carbons (Fsp3) is 0.333. The zero-order valence-corrected chi connectivity index (χ0v) is 8.03. The zero-order chi connectivity index (χ0) is 8.97. The van der Waals surface area contributed by atoms with Crippen molar-refractivity contribution in [1.82, 2.24) is 0 Å². The summed E-state index contributed by atoms with van der Waals surface area (Å²) in [6, 6.07) is 6.10. The second-order valence-corrected chi connectivity index (χ2v) is 3.82. The second-order valence-electron chi connectivity index (χ2n) is 2.68. The van der Waals surface area contributed by atoms with E-state index < -0.39 is 0 Å². The highest BCUT2D eigenvalue weighted by molar-refractivity contribution is 7.99. The van der Waals surface area contributed by atoms with Crippen molar-refractivity contribution in [2.75, 3.05) is 18.0 Å². The molecular formula is C9H14N2S. The molecule has 1 rings (SSSR count). The molecule has 0 saturated heterocycles. The van der Waals surface area contributed by atoms with Crippen LogP contribution in [0, 0.1) is 6.92 Å². The highest BCUT2D eigenvalue weighted by Crippen LogP contribution is 2.24. The number of benzene rings is 1. The van der Waals surface area contributed by atoms with Gasteiger partial charge in [0.2, 0.25) is 0 Å². The summed E-state index contributed by atoms with van der Waals surface area (Å²) in [7, 11) is 0. The number of nitrogens with two attached hydrogens (primary N) is 2. The van der Waals surface area contributed by atoms with E-state index >= 15 is 0 Å². The second kappa shape index (κ2) is 4.38. The first-order valence-corrected chi connectivity index (χ1v) is 4.91. The largest absolute Gasteiger partial charge is 0.398 e.